The molecule has 1 aromatic rings. The number of carbonyl (C=O) groups is 1. The Morgan fingerprint density at radius 3 is 2.81 bits per heavy atom. The number of hydrogen-bond donors (Lipinski definition) is 0. The average Bonchev–Trinajstić information content (AvgIpc) is 2.29. The summed E-state index contributed by atoms with van der Waals surface area (Å²) < 4.78 is 4.84. The van der Waals surface area contributed by atoms with Gasteiger partial charge in [0.1, 0.15) is 5.56 Å². The number of esters is 1. The number of carbonyl (C=O) groups excluding carboxylic acids is 1. The van der Waals surface area contributed by atoms with Crippen molar-refractivity contribution in [2.24, 2.45) is 0 Å². The zero-order valence-corrected chi connectivity index (χ0v) is 8.59. The van der Waals surface area contributed by atoms with Gasteiger partial charge in [-0.05, 0) is 12.5 Å². The minimum absolute atomic E-state index is 0.0310. The number of nitro benzene ring substituents is 1. The van der Waals surface area contributed by atoms with Gasteiger partial charge in [-0.1, -0.05) is 18.2 Å². The minimum Gasteiger partial charge on any atom is -0.462 e. The van der Waals surface area contributed by atoms with Gasteiger partial charge in [0.15, 0.2) is 0 Å². The summed E-state index contributed by atoms with van der Waals surface area (Å²) in [6.07, 6.45) is 2.12. The van der Waals surface area contributed by atoms with E-state index in [9.17, 15) is 14.9 Å². The van der Waals surface area contributed by atoms with Crippen LogP contribution in [0.25, 0.3) is 0 Å². The van der Waals surface area contributed by atoms with Crippen LogP contribution in [-0.2, 0) is 4.74 Å². The highest BCUT2D eigenvalue weighted by molar-refractivity contribution is 5.93. The van der Waals surface area contributed by atoms with Crippen molar-refractivity contribution in [3.05, 3.63) is 52.6 Å². The second kappa shape index (κ2) is 5.65. The van der Waals surface area contributed by atoms with E-state index in [0.717, 1.165) is 0 Å². The molecule has 0 aliphatic carbocycles. The number of benzene rings is 1. The Morgan fingerprint density at radius 1 is 1.50 bits per heavy atom. The van der Waals surface area contributed by atoms with Crippen LogP contribution in [0.3, 0.4) is 0 Å². The van der Waals surface area contributed by atoms with Crippen LogP contribution in [0.1, 0.15) is 16.8 Å². The van der Waals surface area contributed by atoms with E-state index in [4.69, 9.17) is 4.74 Å². The van der Waals surface area contributed by atoms with Gasteiger partial charge in [0, 0.05) is 6.07 Å². The van der Waals surface area contributed by atoms with Gasteiger partial charge in [0.05, 0.1) is 11.5 Å². The molecule has 1 rings (SSSR count). The summed E-state index contributed by atoms with van der Waals surface area (Å²) in [5, 5.41) is 10.6. The number of rotatable bonds is 5. The second-order valence-electron chi connectivity index (χ2n) is 2.99. The van der Waals surface area contributed by atoms with Gasteiger partial charge >= 0.3 is 5.97 Å². The fourth-order valence-electron chi connectivity index (χ4n) is 1.12. The van der Waals surface area contributed by atoms with E-state index in [-0.39, 0.29) is 17.9 Å². The summed E-state index contributed by atoms with van der Waals surface area (Å²) in [4.78, 5) is 21.5. The van der Waals surface area contributed by atoms with Crippen molar-refractivity contribution in [3.8, 4) is 0 Å². The van der Waals surface area contributed by atoms with Gasteiger partial charge in [-0.3, -0.25) is 10.1 Å². The Kier molecular flexibility index (Phi) is 4.20. The first-order chi connectivity index (χ1) is 7.66. The maximum absolute atomic E-state index is 11.5. The first kappa shape index (κ1) is 11.9. The third-order valence-electron chi connectivity index (χ3n) is 1.88. The molecule has 0 aromatic heterocycles. The van der Waals surface area contributed by atoms with E-state index < -0.39 is 10.9 Å². The summed E-state index contributed by atoms with van der Waals surface area (Å²) >= 11 is 0. The van der Waals surface area contributed by atoms with Crippen LogP contribution < -0.4 is 0 Å². The third kappa shape index (κ3) is 2.91. The molecule has 0 saturated carbocycles. The predicted molar refractivity (Wildman–Crippen MR) is 58.2 cm³/mol. The summed E-state index contributed by atoms with van der Waals surface area (Å²) in [5.41, 5.74) is -0.275. The molecule has 0 aliphatic rings. The highest BCUT2D eigenvalue weighted by atomic mass is 16.6. The summed E-state index contributed by atoms with van der Waals surface area (Å²) in [6, 6.07) is 5.69. The molecule has 0 N–H and O–H groups in total. The average molecular weight is 221 g/mol. The molecular formula is C11H11NO4. The van der Waals surface area contributed by atoms with Gasteiger partial charge in [-0.2, -0.15) is 0 Å². The maximum atomic E-state index is 11.5. The largest absolute Gasteiger partial charge is 0.462 e. The molecule has 0 saturated heterocycles. The molecule has 0 amide bonds. The summed E-state index contributed by atoms with van der Waals surface area (Å²) in [7, 11) is 0. The predicted octanol–water partition coefficient (Wildman–Crippen LogP) is 2.33. The number of hydrogen-bond acceptors (Lipinski definition) is 4. The third-order valence-corrected chi connectivity index (χ3v) is 1.88. The first-order valence-electron chi connectivity index (χ1n) is 4.68. The van der Waals surface area contributed by atoms with E-state index in [2.05, 4.69) is 6.58 Å². The topological polar surface area (TPSA) is 69.4 Å². The van der Waals surface area contributed by atoms with Gasteiger partial charge in [-0.15, -0.1) is 6.58 Å². The van der Waals surface area contributed by atoms with Gasteiger partial charge < -0.3 is 4.74 Å². The lowest BCUT2D eigenvalue weighted by Gasteiger charge is -2.03. The standard InChI is InChI=1S/C11H11NO4/c1-2-3-8-16-11(13)9-6-4-5-7-10(9)12(14)15/h2,4-7H,1,3,8H2. The molecule has 5 heteroatoms. The van der Waals surface area contributed by atoms with Crippen molar-refractivity contribution < 1.29 is 14.5 Å². The lowest BCUT2D eigenvalue weighted by Crippen LogP contribution is -2.08. The van der Waals surface area contributed by atoms with Gasteiger partial charge in [0.25, 0.3) is 5.69 Å². The SMILES string of the molecule is C=CCCOC(=O)c1ccccc1[N+](=O)[O-]. The smallest absolute Gasteiger partial charge is 0.345 e. The lowest BCUT2D eigenvalue weighted by atomic mass is 10.2. The number of nitro groups is 1. The lowest BCUT2D eigenvalue weighted by molar-refractivity contribution is -0.385. The quantitative estimate of drug-likeness (QED) is 0.251. The molecule has 0 radical (unpaired) electrons. The molecule has 0 heterocycles. The minimum atomic E-state index is -0.686. The molecule has 0 spiro atoms. The van der Waals surface area contributed by atoms with Crippen LogP contribution in [0, 0.1) is 10.1 Å². The molecule has 1 aromatic carbocycles. The molecule has 84 valence electrons. The molecule has 5 nitrogen and oxygen atoms in total. The van der Waals surface area contributed by atoms with Gasteiger partial charge in [0.2, 0.25) is 0 Å². The highest BCUT2D eigenvalue weighted by Crippen LogP contribution is 2.18. The molecule has 0 atom stereocenters. The van der Waals surface area contributed by atoms with Crippen LogP contribution in [-0.4, -0.2) is 17.5 Å². The van der Waals surface area contributed by atoms with E-state index >= 15 is 0 Å². The second-order valence-corrected chi connectivity index (χ2v) is 2.99. The van der Waals surface area contributed by atoms with Crippen molar-refractivity contribution >= 4 is 11.7 Å². The van der Waals surface area contributed by atoms with Crippen LogP contribution in [0.5, 0.6) is 0 Å². The zero-order chi connectivity index (χ0) is 12.0. The van der Waals surface area contributed by atoms with E-state index in [1.807, 2.05) is 0 Å². The van der Waals surface area contributed by atoms with Crippen LogP contribution >= 0.6 is 0 Å². The Balaban J connectivity index is 2.82. The monoisotopic (exact) mass is 221 g/mol. The number of ether oxygens (including phenoxy) is 1. The Labute approximate surface area is 92.5 Å². The molecule has 0 fully saturated rings. The molecular weight excluding hydrogens is 210 g/mol. The van der Waals surface area contributed by atoms with Crippen LogP contribution in [0.4, 0.5) is 5.69 Å². The van der Waals surface area contributed by atoms with Gasteiger partial charge in [-0.25, -0.2) is 4.79 Å². The fourth-order valence-corrected chi connectivity index (χ4v) is 1.12. The molecule has 0 aliphatic heterocycles. The van der Waals surface area contributed by atoms with E-state index in [1.165, 1.54) is 18.2 Å². The highest BCUT2D eigenvalue weighted by Gasteiger charge is 2.19. The summed E-state index contributed by atoms with van der Waals surface area (Å²) in [5.74, 6) is -0.686. The molecule has 0 unspecified atom stereocenters. The van der Waals surface area contributed by atoms with E-state index in [0.29, 0.717) is 6.42 Å². The molecule has 16 heavy (non-hydrogen) atoms. The Hall–Kier alpha value is -2.17. The zero-order valence-electron chi connectivity index (χ0n) is 8.59. The Morgan fingerprint density at radius 2 is 2.19 bits per heavy atom. The fraction of sp³-hybridized carbons (Fsp3) is 0.182. The Bertz CT molecular complexity index is 414. The van der Waals surface area contributed by atoms with Crippen molar-refractivity contribution in [2.75, 3.05) is 6.61 Å². The van der Waals surface area contributed by atoms with Crippen LogP contribution in [0.15, 0.2) is 36.9 Å². The normalized spacial score (nSPS) is 9.50. The molecule has 0 bridgehead atoms. The van der Waals surface area contributed by atoms with Crippen molar-refractivity contribution in [3.63, 3.8) is 0 Å². The van der Waals surface area contributed by atoms with Crippen LogP contribution in [0.2, 0.25) is 0 Å². The summed E-state index contributed by atoms with van der Waals surface area (Å²) in [6.45, 7) is 3.65. The van der Waals surface area contributed by atoms with Crippen molar-refractivity contribution in [2.45, 2.75) is 6.42 Å². The number of para-hydroxylation sites is 1. The first-order valence-corrected chi connectivity index (χ1v) is 4.68. The number of nitrogens with zero attached hydrogens (tertiary/aromatic N) is 1. The van der Waals surface area contributed by atoms with E-state index in [1.54, 1.807) is 12.1 Å². The maximum Gasteiger partial charge on any atom is 0.345 e. The van der Waals surface area contributed by atoms with Crippen molar-refractivity contribution in [1.29, 1.82) is 0 Å². The van der Waals surface area contributed by atoms with Crippen molar-refractivity contribution in [1.82, 2.24) is 0 Å².